The van der Waals surface area contributed by atoms with Crippen LogP contribution < -0.4 is 277 Å². The summed E-state index contributed by atoms with van der Waals surface area (Å²) in [7, 11) is 0. The molecule has 1 aliphatic rings. The smallest absolute Gasteiger partial charge is 0.549 e. The van der Waals surface area contributed by atoms with Gasteiger partial charge in [-0.25, -0.2) is 0 Å². The van der Waals surface area contributed by atoms with Crippen molar-refractivity contribution in [2.45, 2.75) is 12.8 Å². The summed E-state index contributed by atoms with van der Waals surface area (Å²) >= 11 is 0. The van der Waals surface area contributed by atoms with Gasteiger partial charge >= 0.3 is 236 Å². The SMILES string of the molecule is O=C([O-])C1(C(=O)[O-])CC(C(=O)[O-])(C(=O)[O-])C(C(=O)[O-])(C(=O)[O-])CC1(C(=O)[O-])C(=O)[O-].[Na+].[Na+].[Na+].[Na+].[Na+].[Na+].[Na+].[Na+]. The molecule has 0 heterocycles. The molecule has 24 heteroatoms. The zero-order chi connectivity index (χ0) is 24.0. The van der Waals surface area contributed by atoms with Crippen molar-refractivity contribution >= 4 is 47.8 Å². The number of carboxylic acids is 8. The van der Waals surface area contributed by atoms with Gasteiger partial charge in [-0.2, -0.15) is 0 Å². The molecule has 0 saturated heterocycles. The first-order chi connectivity index (χ1) is 13.5. The van der Waals surface area contributed by atoms with E-state index in [1.54, 1.807) is 0 Å². The van der Waals surface area contributed by atoms with E-state index >= 15 is 0 Å². The molecule has 38 heavy (non-hydrogen) atoms. The van der Waals surface area contributed by atoms with Gasteiger partial charge in [-0.15, -0.1) is 0 Å². The first-order valence-electron chi connectivity index (χ1n) is 7.18. The number of aliphatic carboxylic acids is 8. The molecular formula is C14H4Na8O16. The maximum Gasteiger partial charge on any atom is 1.00 e. The molecule has 1 saturated carbocycles. The van der Waals surface area contributed by atoms with Crippen molar-refractivity contribution in [2.24, 2.45) is 21.7 Å². The fourth-order valence-corrected chi connectivity index (χ4v) is 3.70. The number of hydrogen-bond donors (Lipinski definition) is 0. The van der Waals surface area contributed by atoms with E-state index in [1.807, 2.05) is 0 Å². The topological polar surface area (TPSA) is 321 Å². The predicted molar refractivity (Wildman–Crippen MR) is 59.0 cm³/mol. The van der Waals surface area contributed by atoms with Crippen molar-refractivity contribution in [2.75, 3.05) is 0 Å². The molecule has 164 valence electrons. The van der Waals surface area contributed by atoms with Gasteiger partial charge in [0.2, 0.25) is 0 Å². The molecule has 0 N–H and O–H groups in total. The summed E-state index contributed by atoms with van der Waals surface area (Å²) in [6, 6.07) is 0. The zero-order valence-electron chi connectivity index (χ0n) is 21.9. The van der Waals surface area contributed by atoms with Crippen LogP contribution >= 0.6 is 0 Å². The Morgan fingerprint density at radius 1 is 0.289 bits per heavy atom. The Hall–Kier alpha value is 3.76. The van der Waals surface area contributed by atoms with E-state index in [4.69, 9.17) is 0 Å². The summed E-state index contributed by atoms with van der Waals surface area (Å²) in [6.07, 6.45) is -5.89. The van der Waals surface area contributed by atoms with Crippen LogP contribution in [0.3, 0.4) is 0 Å². The van der Waals surface area contributed by atoms with Crippen LogP contribution in [0.4, 0.5) is 0 Å². The van der Waals surface area contributed by atoms with Crippen LogP contribution in [0.5, 0.6) is 0 Å². The summed E-state index contributed by atoms with van der Waals surface area (Å²) in [5.74, 6) is -26.6. The van der Waals surface area contributed by atoms with Crippen LogP contribution in [0.2, 0.25) is 0 Å². The number of rotatable bonds is 8. The molecular weight excluding hydrogens is 608 g/mol. The third-order valence-corrected chi connectivity index (χ3v) is 5.31. The van der Waals surface area contributed by atoms with E-state index in [0.29, 0.717) is 0 Å². The second-order valence-electron chi connectivity index (χ2n) is 6.27. The van der Waals surface area contributed by atoms with E-state index in [-0.39, 0.29) is 236 Å². The maximum absolute atomic E-state index is 11.6. The van der Waals surface area contributed by atoms with Gasteiger partial charge in [-0.3, -0.25) is 0 Å². The van der Waals surface area contributed by atoms with Gasteiger partial charge in [0.25, 0.3) is 0 Å². The number of hydrogen-bond acceptors (Lipinski definition) is 16. The molecule has 0 radical (unpaired) electrons. The summed E-state index contributed by atoms with van der Waals surface area (Å²) in [4.78, 5) is 92.5. The monoisotopic (exact) mass is 612 g/mol. The Kier molecular flexibility index (Phi) is 35.7. The van der Waals surface area contributed by atoms with Crippen molar-refractivity contribution in [1.82, 2.24) is 0 Å². The predicted octanol–water partition coefficient (Wildman–Crippen LogP) is -37.2. The van der Waals surface area contributed by atoms with Crippen LogP contribution in [0.15, 0.2) is 0 Å². The second-order valence-corrected chi connectivity index (χ2v) is 6.27. The summed E-state index contributed by atoms with van der Waals surface area (Å²) < 4.78 is 0. The average molecular weight is 612 g/mol. The van der Waals surface area contributed by atoms with Gasteiger partial charge in [0.15, 0.2) is 0 Å². The zero-order valence-corrected chi connectivity index (χ0v) is 37.9. The minimum atomic E-state index is -4.78. The summed E-state index contributed by atoms with van der Waals surface area (Å²) in [6.45, 7) is 0. The summed E-state index contributed by atoms with van der Waals surface area (Å²) in [5, 5.41) is 92.5. The summed E-state index contributed by atoms with van der Waals surface area (Å²) in [5.41, 5.74) is -19.1. The van der Waals surface area contributed by atoms with Crippen LogP contribution in [0.1, 0.15) is 12.8 Å². The molecule has 0 aromatic heterocycles. The van der Waals surface area contributed by atoms with E-state index in [0.717, 1.165) is 0 Å². The molecule has 0 unspecified atom stereocenters. The Bertz CT molecular complexity index is 735. The Labute approximate surface area is 389 Å². The first-order valence-corrected chi connectivity index (χ1v) is 7.18. The van der Waals surface area contributed by atoms with E-state index < -0.39 is 82.3 Å². The van der Waals surface area contributed by atoms with Gasteiger partial charge in [-0.05, 0) is 12.8 Å². The first kappa shape index (κ1) is 60.9. The van der Waals surface area contributed by atoms with E-state index in [2.05, 4.69) is 0 Å². The minimum Gasteiger partial charge on any atom is -0.549 e. The number of carbonyl (C=O) groups excluding carboxylic acids is 8. The van der Waals surface area contributed by atoms with Crippen LogP contribution in [-0.4, -0.2) is 47.8 Å². The molecule has 0 spiro atoms. The van der Waals surface area contributed by atoms with Crippen molar-refractivity contribution in [3.63, 3.8) is 0 Å². The minimum absolute atomic E-state index is 0. The van der Waals surface area contributed by atoms with Crippen molar-refractivity contribution in [1.29, 1.82) is 0 Å². The van der Waals surface area contributed by atoms with E-state index in [1.165, 1.54) is 0 Å². The molecule has 0 aliphatic heterocycles. The van der Waals surface area contributed by atoms with Gasteiger partial charge in [0, 0.05) is 0 Å². The van der Waals surface area contributed by atoms with Crippen molar-refractivity contribution in [3.8, 4) is 0 Å². The van der Waals surface area contributed by atoms with Gasteiger partial charge in [0.1, 0.15) is 0 Å². The van der Waals surface area contributed by atoms with Gasteiger partial charge in [0.05, 0.1) is 69.4 Å². The largest absolute Gasteiger partial charge is 1.00 e. The van der Waals surface area contributed by atoms with Crippen LogP contribution in [0.25, 0.3) is 0 Å². The molecule has 0 aromatic carbocycles. The van der Waals surface area contributed by atoms with Crippen LogP contribution in [0, 0.1) is 21.7 Å². The second kappa shape index (κ2) is 22.3. The maximum atomic E-state index is 11.6. The molecule has 16 nitrogen and oxygen atoms in total. The van der Waals surface area contributed by atoms with Gasteiger partial charge in [-0.1, -0.05) is 0 Å². The van der Waals surface area contributed by atoms with Crippen LogP contribution in [-0.2, 0) is 38.4 Å². The fourth-order valence-electron chi connectivity index (χ4n) is 3.70. The van der Waals surface area contributed by atoms with E-state index in [9.17, 15) is 79.2 Å². The third-order valence-electron chi connectivity index (χ3n) is 5.31. The Morgan fingerprint density at radius 3 is 0.421 bits per heavy atom. The molecule has 1 rings (SSSR count). The molecule has 1 fully saturated rings. The standard InChI is InChI=1S/C14H12O16.8Na/c15-3(16)11(4(17)18)1-12(5(19)20,6(21)22)14(9(27)28,10(29)30)2-13(11,7(23)24)8(25)26;;;;;;;;/h1-2H2,(H,15,16)(H,17,18)(H,19,20)(H,21,22)(H,23,24)(H,25,26)(H,27,28)(H,29,30);;;;;;;;/q;8*+1/p-8. The fraction of sp³-hybridized carbons (Fsp3) is 0.429. The Morgan fingerprint density at radius 2 is 0.368 bits per heavy atom. The third kappa shape index (κ3) is 8.94. The Balaban J connectivity index is -0.000000187. The normalized spacial score (nSPS) is 16.0. The molecule has 0 atom stereocenters. The quantitative estimate of drug-likeness (QED) is 0.181. The molecule has 0 bridgehead atoms. The van der Waals surface area contributed by atoms with Gasteiger partial charge < -0.3 is 79.2 Å². The number of carboxylic acid groups (broad SMARTS) is 8. The van der Waals surface area contributed by atoms with Crippen molar-refractivity contribution < 1.29 is 316 Å². The average Bonchev–Trinajstić information content (AvgIpc) is 2.57. The van der Waals surface area contributed by atoms with Crippen molar-refractivity contribution in [3.05, 3.63) is 0 Å². The molecule has 0 amide bonds. The number of carbonyl (C=O) groups is 8. The molecule has 1 aliphatic carbocycles. The molecule has 0 aromatic rings.